The third-order valence-electron chi connectivity index (χ3n) is 10.4. The van der Waals surface area contributed by atoms with Gasteiger partial charge in [-0.3, -0.25) is 19.1 Å². The summed E-state index contributed by atoms with van der Waals surface area (Å²) in [6, 6.07) is 19.4. The quantitative estimate of drug-likeness (QED) is 0.309. The molecular formula is C37H43N5O6S. The molecule has 0 spiro atoms. The fourth-order valence-corrected chi connectivity index (χ4v) is 8.28. The molecule has 0 unspecified atom stereocenters. The maximum Gasteiger partial charge on any atom is 0.259 e. The highest BCUT2D eigenvalue weighted by atomic mass is 32.2. The lowest BCUT2D eigenvalue weighted by Crippen LogP contribution is -2.58. The number of rotatable bonds is 7. The van der Waals surface area contributed by atoms with Gasteiger partial charge in [0.25, 0.3) is 5.91 Å². The lowest BCUT2D eigenvalue weighted by molar-refractivity contribution is -0.140. The van der Waals surface area contributed by atoms with Gasteiger partial charge in [0.2, 0.25) is 27.7 Å². The minimum absolute atomic E-state index is 0.146. The van der Waals surface area contributed by atoms with E-state index < -0.39 is 50.3 Å². The molecule has 3 heterocycles. The molecule has 2 aromatic carbocycles. The summed E-state index contributed by atoms with van der Waals surface area (Å²) < 4.78 is 33.8. The van der Waals surface area contributed by atoms with Crippen molar-refractivity contribution in [1.29, 1.82) is 0 Å². The molecule has 2 aliphatic heterocycles. The summed E-state index contributed by atoms with van der Waals surface area (Å²) in [5.41, 5.74) is 0.142. The number of fused-ring (bicyclic) bond motifs is 3. The largest absolute Gasteiger partial charge is 0.472 e. The van der Waals surface area contributed by atoms with Gasteiger partial charge < -0.3 is 20.3 Å². The van der Waals surface area contributed by atoms with Crippen LogP contribution in [0.1, 0.15) is 64.7 Å². The van der Waals surface area contributed by atoms with E-state index in [9.17, 15) is 22.8 Å². The van der Waals surface area contributed by atoms with E-state index in [-0.39, 0.29) is 31.2 Å². The molecule has 7 rings (SSSR count). The molecule has 3 amide bonds. The molecule has 3 aromatic rings. The number of carbonyl (C=O) groups is 3. The molecule has 0 radical (unpaired) electrons. The second-order valence-corrected chi connectivity index (χ2v) is 16.3. The summed E-state index contributed by atoms with van der Waals surface area (Å²) in [6.07, 6.45) is 8.74. The first-order chi connectivity index (χ1) is 23.6. The third kappa shape index (κ3) is 6.88. The maximum absolute atomic E-state index is 14.4. The van der Waals surface area contributed by atoms with Crippen molar-refractivity contribution in [2.45, 2.75) is 93.2 Å². The number of amides is 3. The van der Waals surface area contributed by atoms with Crippen LogP contribution in [0, 0.1) is 5.92 Å². The number of hydrogen-bond acceptors (Lipinski definition) is 8. The lowest BCUT2D eigenvalue weighted by atomic mass is 10.0. The van der Waals surface area contributed by atoms with Gasteiger partial charge in [0.1, 0.15) is 23.7 Å². The van der Waals surface area contributed by atoms with E-state index in [2.05, 4.69) is 20.3 Å². The summed E-state index contributed by atoms with van der Waals surface area (Å²) in [7, 11) is -3.93. The predicted octanol–water partition coefficient (Wildman–Crippen LogP) is 4.46. The monoisotopic (exact) mass is 685 g/mol. The molecule has 258 valence electrons. The number of nitrogens with zero attached hydrogens (tertiary/aromatic N) is 2. The molecule has 2 aliphatic carbocycles. The summed E-state index contributed by atoms with van der Waals surface area (Å²) in [5.74, 6) is -1.46. The Hall–Kier alpha value is -4.45. The molecule has 5 atom stereocenters. The summed E-state index contributed by atoms with van der Waals surface area (Å²) in [6.45, 7) is 1.76. The Balaban J connectivity index is 1.18. The van der Waals surface area contributed by atoms with Crippen LogP contribution in [0.2, 0.25) is 0 Å². The standard InChI is InChI=1S/C37H43N5O6S/c1-36(20-21-36)49(46,47)41-35(45)37-23-26(37)13-6-3-2-4-9-17-30(38-27-14-7-5-8-15-27)34(44)42-24-28(22-31(42)33(43)40-37)48-32-19-18-25-12-10-11-16-29(25)39-32/h5-8,10-16,18-19,26,28,30-31,38H,2-4,9,17,20-24H2,1H3,(H,40,43)(H,41,45)/t26-,28-,30+,31+,37-/m1/s1. The van der Waals surface area contributed by atoms with Crippen molar-refractivity contribution in [2.75, 3.05) is 11.9 Å². The van der Waals surface area contributed by atoms with E-state index in [1.807, 2.05) is 72.8 Å². The number of hydrogen-bond donors (Lipinski definition) is 3. The number of carbonyl (C=O) groups excluding carboxylic acids is 3. The smallest absolute Gasteiger partial charge is 0.259 e. The first kappa shape index (κ1) is 33.1. The third-order valence-corrected chi connectivity index (χ3v) is 12.6. The van der Waals surface area contributed by atoms with Gasteiger partial charge in [-0.2, -0.15) is 0 Å². The Morgan fingerprint density at radius 3 is 2.57 bits per heavy atom. The van der Waals surface area contributed by atoms with Crippen LogP contribution in [-0.4, -0.2) is 71.0 Å². The second-order valence-electron chi connectivity index (χ2n) is 14.1. The van der Waals surface area contributed by atoms with Crippen molar-refractivity contribution < 1.29 is 27.5 Å². The number of benzene rings is 2. The van der Waals surface area contributed by atoms with Crippen LogP contribution in [0.25, 0.3) is 10.9 Å². The number of allylic oxidation sites excluding steroid dienone is 1. The fraction of sp³-hybridized carbons (Fsp3) is 0.459. The van der Waals surface area contributed by atoms with Gasteiger partial charge in [-0.25, -0.2) is 13.4 Å². The normalized spacial score (nSPS) is 28.3. The molecule has 1 aromatic heterocycles. The van der Waals surface area contributed by atoms with Crippen LogP contribution in [0.4, 0.5) is 5.69 Å². The SMILES string of the molecule is CC1(S(=O)(=O)NC(=O)[C@@]23C[C@H]2C=CCCCCC[C@H](Nc2ccccc2)C(=O)N2C[C@H](Oc4ccc5ccccc5n4)C[C@H]2C(=O)N3)CC1. The van der Waals surface area contributed by atoms with E-state index in [1.54, 1.807) is 17.9 Å². The molecule has 1 saturated heterocycles. The van der Waals surface area contributed by atoms with E-state index in [1.165, 1.54) is 0 Å². The number of ether oxygens (including phenoxy) is 1. The highest BCUT2D eigenvalue weighted by molar-refractivity contribution is 7.91. The molecule has 0 bridgehead atoms. The Bertz CT molecular complexity index is 1880. The minimum atomic E-state index is -3.93. The second kappa shape index (κ2) is 13.1. The number of nitrogens with one attached hydrogen (secondary N) is 3. The summed E-state index contributed by atoms with van der Waals surface area (Å²) in [5, 5.41) is 7.31. The average Bonchev–Trinajstić information content (AvgIpc) is 3.97. The minimum Gasteiger partial charge on any atom is -0.472 e. The number of sulfonamides is 1. The molecule has 12 heteroatoms. The number of anilines is 1. The molecule has 49 heavy (non-hydrogen) atoms. The summed E-state index contributed by atoms with van der Waals surface area (Å²) in [4.78, 5) is 48.7. The molecule has 2 saturated carbocycles. The van der Waals surface area contributed by atoms with Crippen molar-refractivity contribution in [1.82, 2.24) is 19.9 Å². The molecule has 4 aliphatic rings. The highest BCUT2D eigenvalue weighted by Crippen LogP contribution is 2.47. The Morgan fingerprint density at radius 2 is 1.78 bits per heavy atom. The Kier molecular flexibility index (Phi) is 8.85. The number of aromatic nitrogens is 1. The first-order valence-electron chi connectivity index (χ1n) is 17.3. The van der Waals surface area contributed by atoms with Gasteiger partial charge in [-0.15, -0.1) is 0 Å². The van der Waals surface area contributed by atoms with Crippen molar-refractivity contribution in [3.63, 3.8) is 0 Å². The van der Waals surface area contributed by atoms with Gasteiger partial charge in [0, 0.05) is 29.5 Å². The maximum atomic E-state index is 14.4. The first-order valence-corrected chi connectivity index (χ1v) is 18.8. The van der Waals surface area contributed by atoms with Crippen molar-refractivity contribution in [3.05, 3.63) is 78.9 Å². The zero-order valence-electron chi connectivity index (χ0n) is 27.6. The van der Waals surface area contributed by atoms with Gasteiger partial charge >= 0.3 is 0 Å². The van der Waals surface area contributed by atoms with E-state index in [0.717, 1.165) is 42.3 Å². The van der Waals surface area contributed by atoms with Gasteiger partial charge in [-0.05, 0) is 69.7 Å². The van der Waals surface area contributed by atoms with Crippen LogP contribution in [0.15, 0.2) is 78.9 Å². The van der Waals surface area contributed by atoms with Crippen molar-refractivity contribution in [3.8, 4) is 5.88 Å². The Morgan fingerprint density at radius 1 is 1.00 bits per heavy atom. The topological polar surface area (TPSA) is 147 Å². The average molecular weight is 686 g/mol. The summed E-state index contributed by atoms with van der Waals surface area (Å²) >= 11 is 0. The number of para-hydroxylation sites is 2. The zero-order chi connectivity index (χ0) is 34.2. The van der Waals surface area contributed by atoms with Crippen molar-refractivity contribution in [2.24, 2.45) is 5.92 Å². The highest BCUT2D eigenvalue weighted by Gasteiger charge is 2.63. The van der Waals surface area contributed by atoms with E-state index in [4.69, 9.17) is 4.74 Å². The van der Waals surface area contributed by atoms with E-state index in [0.29, 0.717) is 25.1 Å². The van der Waals surface area contributed by atoms with Crippen molar-refractivity contribution >= 4 is 44.3 Å². The zero-order valence-corrected chi connectivity index (χ0v) is 28.5. The van der Waals surface area contributed by atoms with Gasteiger partial charge in [0.05, 0.1) is 16.8 Å². The van der Waals surface area contributed by atoms with Crippen LogP contribution < -0.4 is 20.1 Å². The van der Waals surface area contributed by atoms with Gasteiger partial charge in [-0.1, -0.05) is 61.4 Å². The molecule has 11 nitrogen and oxygen atoms in total. The number of pyridine rings is 1. The van der Waals surface area contributed by atoms with Crippen LogP contribution in [-0.2, 0) is 24.4 Å². The van der Waals surface area contributed by atoms with Crippen LogP contribution in [0.5, 0.6) is 5.88 Å². The fourth-order valence-electron chi connectivity index (χ4n) is 6.97. The van der Waals surface area contributed by atoms with Crippen LogP contribution in [0.3, 0.4) is 0 Å². The lowest BCUT2D eigenvalue weighted by Gasteiger charge is -2.30. The molecule has 3 fully saturated rings. The van der Waals surface area contributed by atoms with Crippen LogP contribution >= 0.6 is 0 Å². The molecular weight excluding hydrogens is 643 g/mol. The predicted molar refractivity (Wildman–Crippen MR) is 186 cm³/mol. The Labute approximate surface area is 286 Å². The van der Waals surface area contributed by atoms with Gasteiger partial charge in [0.15, 0.2) is 0 Å². The molecule has 3 N–H and O–H groups in total. The van der Waals surface area contributed by atoms with E-state index >= 15 is 0 Å².